The number of aromatic amines is 3. The zero-order valence-electron chi connectivity index (χ0n) is 13.3. The van der Waals surface area contributed by atoms with E-state index in [1.54, 1.807) is 25.0 Å². The fourth-order valence-electron chi connectivity index (χ4n) is 1.42. The molecular formula is C12H13N7O8. The minimum absolute atomic E-state index is 0. The van der Waals surface area contributed by atoms with Gasteiger partial charge in [0.25, 0.3) is 17.1 Å². The highest BCUT2D eigenvalue weighted by Gasteiger charge is 2.24. The Bertz CT molecular complexity index is 755. The van der Waals surface area contributed by atoms with Gasteiger partial charge in [-0.25, -0.2) is 4.98 Å². The second-order valence-electron chi connectivity index (χ2n) is 4.16. The third kappa shape index (κ3) is 7.35. The molecule has 0 amide bonds. The van der Waals surface area contributed by atoms with Crippen molar-refractivity contribution < 1.29 is 30.3 Å². The normalized spacial score (nSPS) is 8.74. The molecule has 0 aliphatic heterocycles. The van der Waals surface area contributed by atoms with E-state index < -0.39 is 37.6 Å². The minimum atomic E-state index is -1.46. The van der Waals surface area contributed by atoms with Gasteiger partial charge in [-0.3, -0.25) is 40.3 Å². The lowest BCUT2D eigenvalue weighted by Gasteiger charge is -2.06. The molecule has 0 aliphatic carbocycles. The molecule has 2 heterocycles. The number of non-ortho nitro benzene ring substituents is 1. The first-order chi connectivity index (χ1) is 12.3. The molecule has 144 valence electrons. The van der Waals surface area contributed by atoms with Gasteiger partial charge >= 0.3 is 0 Å². The maximum atomic E-state index is 11.1. The Balaban J connectivity index is 0.000000496. The van der Waals surface area contributed by atoms with Gasteiger partial charge in [-0.2, -0.15) is 0 Å². The van der Waals surface area contributed by atoms with Gasteiger partial charge in [0.15, 0.2) is 0 Å². The van der Waals surface area contributed by atoms with Crippen LogP contribution in [0.4, 0.5) is 17.1 Å². The summed E-state index contributed by atoms with van der Waals surface area (Å²) < 4.78 is 0. The average Bonchev–Trinajstić information content (AvgIpc) is 3.32. The lowest BCUT2D eigenvalue weighted by Crippen LogP contribution is -2.04. The molecule has 0 radical (unpaired) electrons. The molecule has 3 rings (SSSR count). The Labute approximate surface area is 149 Å². The molecule has 15 heteroatoms. The molecule has 0 spiro atoms. The second-order valence-corrected chi connectivity index (χ2v) is 4.16. The van der Waals surface area contributed by atoms with E-state index in [2.05, 4.69) is 19.9 Å². The van der Waals surface area contributed by atoms with Crippen LogP contribution in [0.2, 0.25) is 0 Å². The van der Waals surface area contributed by atoms with E-state index in [1.807, 2.05) is 12.4 Å². The zero-order chi connectivity index (χ0) is 19.5. The lowest BCUT2D eigenvalue weighted by atomic mass is 10.2. The molecule has 0 fully saturated rings. The highest BCUT2D eigenvalue weighted by Crippen LogP contribution is 2.36. The fraction of sp³-hybridized carbons (Fsp3) is 0. The molecule has 0 atom stereocenters. The zero-order valence-corrected chi connectivity index (χ0v) is 13.3. The summed E-state index contributed by atoms with van der Waals surface area (Å²) in [5.41, 5.74) is -3.26. The molecule has 3 aromatic rings. The standard InChI is InChI=1S/C6H3N3O7.2C3H4N2.H2O/c10-6-4(8(13)14)1-3(7(11)12)2-5(6)9(15)16;2*1-2-5-3-4-1;/h1-2,10H;2*1-3H,(H,4,5);1H2. The number of hydrogen-bond acceptors (Lipinski definition) is 8. The van der Waals surface area contributed by atoms with Gasteiger partial charge in [-0.15, -0.1) is 0 Å². The highest BCUT2D eigenvalue weighted by atomic mass is 16.6. The van der Waals surface area contributed by atoms with Crippen LogP contribution in [-0.2, 0) is 0 Å². The molecule has 5 N–H and O–H groups in total. The average molecular weight is 383 g/mol. The fourth-order valence-corrected chi connectivity index (χ4v) is 1.42. The Hall–Kier alpha value is -4.40. The van der Waals surface area contributed by atoms with Crippen molar-refractivity contribution in [3.8, 4) is 5.75 Å². The first-order valence-electron chi connectivity index (χ1n) is 6.54. The molecular weight excluding hydrogens is 370 g/mol. The van der Waals surface area contributed by atoms with Crippen LogP contribution in [0.3, 0.4) is 0 Å². The molecule has 0 unspecified atom stereocenters. The number of nitrogens with one attached hydrogen (secondary N) is 3. The van der Waals surface area contributed by atoms with E-state index in [-0.39, 0.29) is 5.48 Å². The number of rotatable bonds is 3. The van der Waals surface area contributed by atoms with Gasteiger partial charge in [0.05, 0.1) is 39.0 Å². The highest BCUT2D eigenvalue weighted by molar-refractivity contribution is 5.63. The number of benzene rings is 1. The van der Waals surface area contributed by atoms with Crippen molar-refractivity contribution >= 4 is 17.1 Å². The monoisotopic (exact) mass is 383 g/mol. The van der Waals surface area contributed by atoms with Gasteiger partial charge in [0.2, 0.25) is 6.33 Å². The number of aromatic nitrogens is 4. The predicted octanol–water partition coefficient (Wildman–Crippen LogP) is -0.101. The van der Waals surface area contributed by atoms with Crippen LogP contribution >= 0.6 is 0 Å². The van der Waals surface area contributed by atoms with Crippen molar-refractivity contribution in [2.45, 2.75) is 0 Å². The van der Waals surface area contributed by atoms with Crippen molar-refractivity contribution in [3.63, 3.8) is 0 Å². The van der Waals surface area contributed by atoms with Crippen molar-refractivity contribution in [2.24, 2.45) is 0 Å². The van der Waals surface area contributed by atoms with E-state index >= 15 is 0 Å². The van der Waals surface area contributed by atoms with E-state index in [0.717, 1.165) is 0 Å². The number of nitro benzene ring substituents is 3. The van der Waals surface area contributed by atoms with Crippen LogP contribution in [0, 0.1) is 30.3 Å². The predicted molar refractivity (Wildman–Crippen MR) is 85.4 cm³/mol. The van der Waals surface area contributed by atoms with Crippen molar-refractivity contribution in [1.82, 2.24) is 15.0 Å². The topological polar surface area (TPSA) is 243 Å². The summed E-state index contributed by atoms with van der Waals surface area (Å²) in [4.78, 5) is 39.5. The maximum absolute atomic E-state index is 11.1. The molecule has 15 nitrogen and oxygen atoms in total. The number of nitrogens with zero attached hydrogens (tertiary/aromatic N) is 4. The van der Waals surface area contributed by atoms with Crippen LogP contribution in [0.25, 0.3) is 0 Å². The van der Waals surface area contributed by atoms with E-state index in [9.17, 15) is 35.4 Å². The van der Waals surface area contributed by atoms with Gasteiger partial charge in [-0.05, 0) is 0 Å². The second kappa shape index (κ2) is 11.2. The summed E-state index contributed by atoms with van der Waals surface area (Å²) in [5, 5.41) is 42.1. The molecule has 0 bridgehead atoms. The van der Waals surface area contributed by atoms with Crippen molar-refractivity contribution in [3.05, 3.63) is 79.9 Å². The largest absolute Gasteiger partial charge is 0.863 e. The summed E-state index contributed by atoms with van der Waals surface area (Å²) in [6.07, 6.45) is 10.5. The molecule has 2 aromatic heterocycles. The third-order valence-corrected chi connectivity index (χ3v) is 2.49. The number of nitro groups is 3. The van der Waals surface area contributed by atoms with Gasteiger partial charge in [0.1, 0.15) is 12.4 Å². The smallest absolute Gasteiger partial charge is 0.283 e. The Kier molecular flexibility index (Phi) is 9.38. The molecule has 0 aliphatic rings. The van der Waals surface area contributed by atoms with Crippen molar-refractivity contribution in [1.29, 1.82) is 0 Å². The van der Waals surface area contributed by atoms with Crippen molar-refractivity contribution in [2.75, 3.05) is 0 Å². The minimum Gasteiger partial charge on any atom is -0.863 e. The molecule has 1 aromatic carbocycles. The summed E-state index contributed by atoms with van der Waals surface area (Å²) in [7, 11) is 0. The molecule has 0 saturated heterocycles. The Morgan fingerprint density at radius 1 is 0.926 bits per heavy atom. The Morgan fingerprint density at radius 2 is 1.52 bits per heavy atom. The Morgan fingerprint density at radius 3 is 1.74 bits per heavy atom. The van der Waals surface area contributed by atoms with Gasteiger partial charge in [-0.1, -0.05) is 0 Å². The van der Waals surface area contributed by atoms with Crippen LogP contribution in [-0.4, -0.2) is 35.2 Å². The quantitative estimate of drug-likeness (QED) is 0.455. The third-order valence-electron chi connectivity index (χ3n) is 2.49. The first-order valence-corrected chi connectivity index (χ1v) is 6.54. The SMILES string of the molecule is O.O=[N+]([O-])c1cc([N+](=O)[O-])c([O-])c([N+](=O)[O-])c1.c1c[nH+]c[nH]1.c1c[nH]cn1. The number of imidazole rings is 2. The first kappa shape index (κ1) is 22.6. The maximum Gasteiger partial charge on any atom is 0.283 e. The van der Waals surface area contributed by atoms with E-state index in [4.69, 9.17) is 0 Å². The van der Waals surface area contributed by atoms with Gasteiger partial charge < -0.3 is 15.6 Å². The summed E-state index contributed by atoms with van der Waals surface area (Å²) in [6.45, 7) is 0. The van der Waals surface area contributed by atoms with Crippen LogP contribution in [0.15, 0.2) is 49.6 Å². The molecule has 0 saturated carbocycles. The van der Waals surface area contributed by atoms with Crippen LogP contribution in [0.5, 0.6) is 5.75 Å². The van der Waals surface area contributed by atoms with Crippen LogP contribution < -0.4 is 10.1 Å². The summed E-state index contributed by atoms with van der Waals surface area (Å²) >= 11 is 0. The van der Waals surface area contributed by atoms with Gasteiger partial charge in [0, 0.05) is 12.4 Å². The summed E-state index contributed by atoms with van der Waals surface area (Å²) in [6, 6.07) is 0.769. The number of hydrogen-bond donors (Lipinski definition) is 2. The van der Waals surface area contributed by atoms with E-state index in [1.165, 1.54) is 0 Å². The number of H-pyrrole nitrogens is 3. The summed E-state index contributed by atoms with van der Waals surface area (Å²) in [5.74, 6) is -1.46. The lowest BCUT2D eigenvalue weighted by molar-refractivity contribution is -0.420. The molecule has 27 heavy (non-hydrogen) atoms. The van der Waals surface area contributed by atoms with Crippen LogP contribution in [0.1, 0.15) is 0 Å². The van der Waals surface area contributed by atoms with E-state index in [0.29, 0.717) is 12.1 Å².